The van der Waals surface area contributed by atoms with Crippen LogP contribution >= 0.6 is 35.1 Å². The summed E-state index contributed by atoms with van der Waals surface area (Å²) in [6, 6.07) is 26.5. The highest BCUT2D eigenvalue weighted by atomic mass is 35.5. The van der Waals surface area contributed by atoms with E-state index in [9.17, 15) is 97.5 Å². The van der Waals surface area contributed by atoms with Gasteiger partial charge in [0.15, 0.2) is 0 Å². The molecule has 0 bridgehead atoms. The van der Waals surface area contributed by atoms with Crippen molar-refractivity contribution in [1.82, 2.24) is 31.9 Å². The van der Waals surface area contributed by atoms with Crippen molar-refractivity contribution in [1.29, 1.82) is 0 Å². The van der Waals surface area contributed by atoms with Crippen LogP contribution in [0.5, 0.6) is 0 Å². The van der Waals surface area contributed by atoms with Gasteiger partial charge >= 0.3 is 49.8 Å². The Labute approximate surface area is 759 Å². The van der Waals surface area contributed by atoms with Crippen LogP contribution in [0, 0.1) is 5.92 Å². The predicted molar refractivity (Wildman–Crippen MR) is 483 cm³/mol. The van der Waals surface area contributed by atoms with Gasteiger partial charge in [-0.15, -0.1) is 35.1 Å². The standard InChI is InChI=1S/2C15H20BNO4.2C13H18BNO4S.C11H18BNO4.C9H16BNO4.C7H14BNO3.ClH/c2*1-11(18)9-13-7-8-14(16(20)21-13)17-15(19)10-12-5-3-2-4-6-12;2*1-9(16)7-10-4-5-12(14(18)19-10)15-13(17)8-11-3-2-6-20-11;1-7(14)6-9-4-5-10(12(16)17-9)13-11(15)8-2-3-8;1-6(12)5-8-3-4-9(10(14)15-8)11-7(2)13;1-5(10)4-6-2-3-7(9)8(11)12-6;/h2*2-6,13-14,20H,7-10H2,1H3,(H,17,19);2*2-3,6,10,12,18H,4-5,7-8H2,1H3,(H,15,17);8-10,16H,2-6H2,1H3,(H,13,15);8-9,14H,3-5H2,1-2H3,(H,11,13);6-7,11H,2-4,9H2,1H3;1H/t13?,14-;13-,14-;10?,12-;10-,12-;9?,10-;8?,9-;6-,7-;/m0000000./s1. The first-order valence-corrected chi connectivity index (χ1v) is 45.0. The zero-order chi connectivity index (χ0) is 92.5. The Hall–Kier alpha value is -7.51. The highest BCUT2D eigenvalue weighted by molar-refractivity contribution is 7.10. The lowest BCUT2D eigenvalue weighted by Gasteiger charge is -2.31. The summed E-state index contributed by atoms with van der Waals surface area (Å²) in [5.41, 5.74) is 7.36. The van der Waals surface area contributed by atoms with Crippen LogP contribution < -0.4 is 37.6 Å². The normalized spacial score (nSPS) is 24.2. The smallest absolute Gasteiger partial charge is 0.426 e. The first-order chi connectivity index (χ1) is 59.8. The molecule has 4 unspecified atom stereocenters. The Balaban J connectivity index is 0.000000264. The maximum absolute atomic E-state index is 12.0. The van der Waals surface area contributed by atoms with Crippen molar-refractivity contribution in [2.45, 2.75) is 313 Å². The first-order valence-electron chi connectivity index (χ1n) is 43.3. The summed E-state index contributed by atoms with van der Waals surface area (Å²) in [5.74, 6) is -2.80. The van der Waals surface area contributed by atoms with E-state index in [2.05, 4.69) is 31.9 Å². The minimum absolute atomic E-state index is 0. The molecule has 2 aromatic carbocycles. The molecular formula is C83H125B7ClN7O27S2. The van der Waals surface area contributed by atoms with Crippen molar-refractivity contribution in [3.8, 4) is 0 Å². The fraction of sp³-hybridized carbons (Fsp3) is 0.602. The van der Waals surface area contributed by atoms with Crippen molar-refractivity contribution in [3.05, 3.63) is 117 Å². The summed E-state index contributed by atoms with van der Waals surface area (Å²) in [6.45, 7) is 11.9. The van der Waals surface area contributed by atoms with Crippen LogP contribution in [0.3, 0.4) is 0 Å². The molecule has 694 valence electrons. The van der Waals surface area contributed by atoms with Gasteiger partial charge in [0, 0.05) is 116 Å². The molecule has 127 heavy (non-hydrogen) atoms. The second-order valence-electron chi connectivity index (χ2n) is 33.3. The van der Waals surface area contributed by atoms with Crippen LogP contribution in [0.15, 0.2) is 95.7 Å². The minimum atomic E-state index is -1.05. The molecule has 8 fully saturated rings. The summed E-state index contributed by atoms with van der Waals surface area (Å²) >= 11 is 3.06. The maximum atomic E-state index is 12.0. The van der Waals surface area contributed by atoms with Gasteiger partial charge in [0.25, 0.3) is 0 Å². The number of nitrogens with one attached hydrogen (secondary N) is 6. The van der Waals surface area contributed by atoms with E-state index in [0.717, 1.165) is 46.6 Å². The average molecular weight is 1830 g/mol. The number of benzene rings is 2. The van der Waals surface area contributed by atoms with Gasteiger partial charge in [-0.05, 0) is 185 Å². The number of ketones is 7. The number of amides is 6. The van der Waals surface area contributed by atoms with Crippen LogP contribution in [0.4, 0.5) is 0 Å². The van der Waals surface area contributed by atoms with Gasteiger partial charge < -0.3 is 105 Å². The first kappa shape index (κ1) is 110. The molecule has 0 radical (unpaired) electrons. The number of rotatable bonds is 29. The summed E-state index contributed by atoms with van der Waals surface area (Å²) in [6.07, 6.45) is 13.1. The SMILES string of the molecule is CC(=O)CC1CC[C@H](NC(=O)C2CC2)B(O)O1.CC(=O)CC1CC[C@H](NC(=O)Cc2ccccc2)B(O)O1.CC(=O)CC1CC[C@H](NC(=O)Cc2cccs2)B(O)O1.CC(=O)CC1CC[C@H](NC(C)=O)B(O)O1.CC(=O)C[C@@H]1CC[C@H](N)B(O)O1.CC(=O)C[C@@H]1CC[C@H](NC(=O)Cc2ccccc2)B(O)O1.CC(=O)C[C@@H]1CC[C@H](NC(=O)Cc2cccs2)B(O)O1.Cl. The highest BCUT2D eigenvalue weighted by Crippen LogP contribution is 2.31. The molecule has 7 saturated heterocycles. The number of nitrogens with two attached hydrogens (primary N) is 1. The van der Waals surface area contributed by atoms with Crippen LogP contribution in [-0.2, 0) is 121 Å². The number of hydrogen-bond acceptors (Lipinski definition) is 30. The summed E-state index contributed by atoms with van der Waals surface area (Å²) in [7, 11) is -7.09. The van der Waals surface area contributed by atoms with E-state index in [0.29, 0.717) is 135 Å². The molecule has 1 aliphatic carbocycles. The molecule has 8 aliphatic rings. The van der Waals surface area contributed by atoms with Crippen molar-refractivity contribution >= 4 is 161 Å². The van der Waals surface area contributed by atoms with Gasteiger partial charge in [-0.25, -0.2) is 0 Å². The fourth-order valence-electron chi connectivity index (χ4n) is 14.9. The van der Waals surface area contributed by atoms with E-state index in [4.69, 9.17) is 38.3 Å². The lowest BCUT2D eigenvalue weighted by Crippen LogP contribution is -2.53. The average Bonchev–Trinajstić information content (AvgIpc) is 1.15. The lowest BCUT2D eigenvalue weighted by molar-refractivity contribution is -0.123. The number of carbonyl (C=O) groups excluding carboxylic acids is 13. The molecule has 6 amide bonds. The van der Waals surface area contributed by atoms with E-state index >= 15 is 0 Å². The van der Waals surface area contributed by atoms with Gasteiger partial charge in [0.05, 0.1) is 61.3 Å². The van der Waals surface area contributed by atoms with E-state index in [1.807, 2.05) is 95.7 Å². The van der Waals surface area contributed by atoms with Crippen LogP contribution in [0.2, 0.25) is 0 Å². The summed E-state index contributed by atoms with van der Waals surface area (Å²) in [4.78, 5) is 149. The molecule has 14 atom stereocenters. The van der Waals surface area contributed by atoms with Crippen molar-refractivity contribution in [3.63, 3.8) is 0 Å². The Kier molecular flexibility index (Phi) is 50.5. The Morgan fingerprint density at radius 3 is 0.764 bits per heavy atom. The zero-order valence-electron chi connectivity index (χ0n) is 73.6. The van der Waals surface area contributed by atoms with E-state index in [1.165, 1.54) is 78.1 Å². The van der Waals surface area contributed by atoms with Crippen LogP contribution in [-0.4, -0.2) is 245 Å². The summed E-state index contributed by atoms with van der Waals surface area (Å²) in [5, 5.41) is 88.5. The molecular weight excluding hydrogens is 1700 g/mol. The number of halogens is 1. The van der Waals surface area contributed by atoms with Crippen LogP contribution in [0.1, 0.15) is 224 Å². The molecule has 9 heterocycles. The fourth-order valence-corrected chi connectivity index (χ4v) is 16.3. The maximum Gasteiger partial charge on any atom is 0.478 e. The zero-order valence-corrected chi connectivity index (χ0v) is 76.1. The predicted octanol–water partition coefficient (Wildman–Crippen LogP) is 3.33. The Bertz CT molecular complexity index is 3900. The lowest BCUT2D eigenvalue weighted by atomic mass is 9.72. The Morgan fingerprint density at radius 1 is 0.307 bits per heavy atom. The van der Waals surface area contributed by atoms with Crippen LogP contribution in [0.25, 0.3) is 0 Å². The van der Waals surface area contributed by atoms with E-state index in [-0.39, 0.29) is 168 Å². The third kappa shape index (κ3) is 45.3. The Morgan fingerprint density at radius 2 is 0.543 bits per heavy atom. The molecule has 34 nitrogen and oxygen atoms in total. The third-order valence-corrected chi connectivity index (χ3v) is 23.0. The molecule has 1 saturated carbocycles. The van der Waals surface area contributed by atoms with Crippen molar-refractivity contribution < 1.29 is 130 Å². The largest absolute Gasteiger partial charge is 0.478 e. The second-order valence-corrected chi connectivity index (χ2v) is 35.4. The molecule has 2 aromatic heterocycles. The topological polar surface area (TPSA) is 526 Å². The number of thiophene rings is 2. The quantitative estimate of drug-likeness (QED) is 0.0347. The molecule has 4 aromatic rings. The van der Waals surface area contributed by atoms with Crippen molar-refractivity contribution in [2.24, 2.45) is 11.7 Å². The number of carbonyl (C=O) groups is 13. The van der Waals surface area contributed by atoms with Gasteiger partial charge in [-0.1, -0.05) is 72.8 Å². The molecule has 15 N–H and O–H groups in total. The summed E-state index contributed by atoms with van der Waals surface area (Å²) < 4.78 is 37.2. The molecule has 44 heteroatoms. The second kappa shape index (κ2) is 58.3. The number of Topliss-reactive ketones (excluding diaryl/α,β-unsaturated/α-hetero) is 7. The van der Waals surface area contributed by atoms with Crippen molar-refractivity contribution in [2.75, 3.05) is 0 Å². The third-order valence-electron chi connectivity index (χ3n) is 21.3. The molecule has 0 spiro atoms. The van der Waals surface area contributed by atoms with Gasteiger partial charge in [-0.3, -0.25) is 62.3 Å². The van der Waals surface area contributed by atoms with E-state index < -0.39 is 73.6 Å². The highest BCUT2D eigenvalue weighted by Gasteiger charge is 2.43. The van der Waals surface area contributed by atoms with Gasteiger partial charge in [0.1, 0.15) is 40.5 Å². The number of hydrogen-bond donors (Lipinski definition) is 14. The van der Waals surface area contributed by atoms with Gasteiger partial charge in [0.2, 0.25) is 35.4 Å². The van der Waals surface area contributed by atoms with E-state index in [1.54, 1.807) is 0 Å². The van der Waals surface area contributed by atoms with Gasteiger partial charge in [-0.2, -0.15) is 0 Å². The monoisotopic (exact) mass is 1830 g/mol. The molecule has 7 aliphatic heterocycles. The minimum Gasteiger partial charge on any atom is -0.426 e. The molecule has 12 rings (SSSR count).